The van der Waals surface area contributed by atoms with Crippen LogP contribution in [0.15, 0.2) is 35.2 Å². The van der Waals surface area contributed by atoms with Crippen molar-refractivity contribution in [3.8, 4) is 0 Å². The zero-order valence-electron chi connectivity index (χ0n) is 9.43. The summed E-state index contributed by atoms with van der Waals surface area (Å²) in [6.45, 7) is 0. The van der Waals surface area contributed by atoms with Crippen LogP contribution in [-0.4, -0.2) is 25.3 Å². The third-order valence-electron chi connectivity index (χ3n) is 2.29. The van der Waals surface area contributed by atoms with Gasteiger partial charge in [-0.1, -0.05) is 34.1 Å². The van der Waals surface area contributed by atoms with Gasteiger partial charge in [0.15, 0.2) is 9.84 Å². The highest BCUT2D eigenvalue weighted by Crippen LogP contribution is 2.11. The van der Waals surface area contributed by atoms with Crippen molar-refractivity contribution >= 4 is 31.6 Å². The van der Waals surface area contributed by atoms with E-state index in [1.165, 1.54) is 12.1 Å². The highest BCUT2D eigenvalue weighted by Gasteiger charge is 2.18. The molecular formula is C12H15BrO3S. The molecule has 0 aliphatic carbocycles. The first kappa shape index (κ1) is 14.4. The molecular weight excluding hydrogens is 304 g/mol. The molecule has 0 heterocycles. The number of Topliss-reactive ketones (excluding diaryl/α,β-unsaturated/α-hetero) is 1. The van der Waals surface area contributed by atoms with E-state index in [0.717, 1.165) is 18.2 Å². The van der Waals surface area contributed by atoms with E-state index in [-0.39, 0.29) is 16.4 Å². The van der Waals surface area contributed by atoms with Crippen molar-refractivity contribution in [1.82, 2.24) is 0 Å². The van der Waals surface area contributed by atoms with Gasteiger partial charge >= 0.3 is 0 Å². The van der Waals surface area contributed by atoms with Gasteiger partial charge in [-0.25, -0.2) is 8.42 Å². The van der Waals surface area contributed by atoms with Crippen LogP contribution in [0.5, 0.6) is 0 Å². The number of hydrogen-bond donors (Lipinski definition) is 0. The number of alkyl halides is 1. The van der Waals surface area contributed by atoms with E-state index >= 15 is 0 Å². The third-order valence-corrected chi connectivity index (χ3v) is 4.55. The largest absolute Gasteiger partial charge is 0.299 e. The monoisotopic (exact) mass is 318 g/mol. The zero-order valence-corrected chi connectivity index (χ0v) is 11.8. The first-order valence-electron chi connectivity index (χ1n) is 5.42. The molecule has 5 heteroatoms. The van der Waals surface area contributed by atoms with E-state index < -0.39 is 9.84 Å². The Labute approximate surface area is 110 Å². The molecule has 1 aromatic carbocycles. The van der Waals surface area contributed by atoms with Crippen molar-refractivity contribution in [1.29, 1.82) is 0 Å². The molecule has 0 spiro atoms. The Morgan fingerprint density at radius 2 is 1.76 bits per heavy atom. The topological polar surface area (TPSA) is 51.2 Å². The zero-order chi connectivity index (χ0) is 12.7. The summed E-state index contributed by atoms with van der Waals surface area (Å²) in [6.07, 6.45) is 1.95. The smallest absolute Gasteiger partial charge is 0.185 e. The van der Waals surface area contributed by atoms with Gasteiger partial charge in [0.1, 0.15) is 11.5 Å². The summed E-state index contributed by atoms with van der Waals surface area (Å²) in [7, 11) is -3.46. The summed E-state index contributed by atoms with van der Waals surface area (Å²) in [4.78, 5) is 11.7. The minimum Gasteiger partial charge on any atom is -0.299 e. The van der Waals surface area contributed by atoms with Gasteiger partial charge in [-0.15, -0.1) is 0 Å². The predicted octanol–water partition coefficient (Wildman–Crippen LogP) is 2.59. The van der Waals surface area contributed by atoms with Crippen molar-refractivity contribution in [2.24, 2.45) is 0 Å². The Bertz CT molecular complexity index is 454. The standard InChI is InChI=1S/C12H15BrO3S/c13-9-5-4-6-11(14)10-17(15,16)12-7-2-1-3-8-12/h1-3,7-8H,4-6,9-10H2. The summed E-state index contributed by atoms with van der Waals surface area (Å²) in [5, 5.41) is 0.839. The second kappa shape index (κ2) is 6.91. The number of hydrogen-bond acceptors (Lipinski definition) is 3. The van der Waals surface area contributed by atoms with Gasteiger partial charge in [0.2, 0.25) is 0 Å². The molecule has 0 saturated carbocycles. The minimum absolute atomic E-state index is 0.213. The second-order valence-electron chi connectivity index (χ2n) is 3.76. The first-order valence-corrected chi connectivity index (χ1v) is 8.19. The van der Waals surface area contributed by atoms with E-state index in [4.69, 9.17) is 0 Å². The molecule has 1 rings (SSSR count). The highest BCUT2D eigenvalue weighted by atomic mass is 79.9. The van der Waals surface area contributed by atoms with Crippen LogP contribution in [0, 0.1) is 0 Å². The lowest BCUT2D eigenvalue weighted by Gasteiger charge is -2.03. The molecule has 3 nitrogen and oxygen atoms in total. The number of carbonyl (C=O) groups excluding carboxylic acids is 1. The summed E-state index contributed by atoms with van der Waals surface area (Å²) in [5.41, 5.74) is 0. The molecule has 17 heavy (non-hydrogen) atoms. The van der Waals surface area contributed by atoms with E-state index in [0.29, 0.717) is 6.42 Å². The Morgan fingerprint density at radius 3 is 2.35 bits per heavy atom. The summed E-state index contributed by atoms with van der Waals surface area (Å²) < 4.78 is 23.7. The first-order chi connectivity index (χ1) is 8.06. The average molecular weight is 319 g/mol. The maximum Gasteiger partial charge on any atom is 0.185 e. The molecule has 0 N–H and O–H groups in total. The molecule has 0 aliphatic rings. The predicted molar refractivity (Wildman–Crippen MR) is 71.1 cm³/mol. The van der Waals surface area contributed by atoms with Crippen molar-refractivity contribution < 1.29 is 13.2 Å². The van der Waals surface area contributed by atoms with E-state index in [1.54, 1.807) is 18.2 Å². The molecule has 0 amide bonds. The molecule has 0 aromatic heterocycles. The van der Waals surface area contributed by atoms with Crippen LogP contribution < -0.4 is 0 Å². The molecule has 0 atom stereocenters. The van der Waals surface area contributed by atoms with Gasteiger partial charge in [-0.05, 0) is 25.0 Å². The van der Waals surface area contributed by atoms with Crippen molar-refractivity contribution in [3.63, 3.8) is 0 Å². The van der Waals surface area contributed by atoms with Crippen molar-refractivity contribution in [2.75, 3.05) is 11.1 Å². The van der Waals surface area contributed by atoms with Crippen LogP contribution in [0.4, 0.5) is 0 Å². The van der Waals surface area contributed by atoms with Crippen LogP contribution in [0.3, 0.4) is 0 Å². The molecule has 1 aromatic rings. The van der Waals surface area contributed by atoms with Gasteiger partial charge in [0.25, 0.3) is 0 Å². The molecule has 94 valence electrons. The SMILES string of the molecule is O=C(CCCCBr)CS(=O)(=O)c1ccccc1. The maximum atomic E-state index is 11.8. The van der Waals surface area contributed by atoms with Crippen LogP contribution in [0.25, 0.3) is 0 Å². The number of carbonyl (C=O) groups is 1. The average Bonchev–Trinajstić information content (AvgIpc) is 2.30. The fourth-order valence-electron chi connectivity index (χ4n) is 1.41. The van der Waals surface area contributed by atoms with Crippen LogP contribution in [-0.2, 0) is 14.6 Å². The van der Waals surface area contributed by atoms with Gasteiger partial charge in [0, 0.05) is 11.8 Å². The fourth-order valence-corrected chi connectivity index (χ4v) is 3.12. The number of halogens is 1. The molecule has 0 saturated heterocycles. The Morgan fingerprint density at radius 1 is 1.12 bits per heavy atom. The summed E-state index contributed by atoms with van der Waals surface area (Å²) >= 11 is 3.27. The third kappa shape index (κ3) is 5.00. The van der Waals surface area contributed by atoms with Gasteiger partial charge in [0.05, 0.1) is 4.90 Å². The van der Waals surface area contributed by atoms with Crippen molar-refractivity contribution in [2.45, 2.75) is 24.2 Å². The molecule has 0 fully saturated rings. The Kier molecular flexibility index (Phi) is 5.85. The molecule has 0 bridgehead atoms. The van der Waals surface area contributed by atoms with Crippen LogP contribution in [0.1, 0.15) is 19.3 Å². The Hall–Kier alpha value is -0.680. The van der Waals surface area contributed by atoms with Crippen molar-refractivity contribution in [3.05, 3.63) is 30.3 Å². The maximum absolute atomic E-state index is 11.8. The number of benzene rings is 1. The fraction of sp³-hybridized carbons (Fsp3) is 0.417. The van der Waals surface area contributed by atoms with Gasteiger partial charge in [-0.2, -0.15) is 0 Å². The lowest BCUT2D eigenvalue weighted by molar-refractivity contribution is -0.116. The minimum atomic E-state index is -3.46. The van der Waals surface area contributed by atoms with E-state index in [9.17, 15) is 13.2 Å². The number of ketones is 1. The molecule has 0 radical (unpaired) electrons. The van der Waals surface area contributed by atoms with E-state index in [1.807, 2.05) is 0 Å². The molecule has 0 unspecified atom stereocenters. The highest BCUT2D eigenvalue weighted by molar-refractivity contribution is 9.09. The molecule has 0 aliphatic heterocycles. The quantitative estimate of drug-likeness (QED) is 0.573. The number of rotatable bonds is 7. The normalized spacial score (nSPS) is 11.4. The lowest BCUT2D eigenvalue weighted by atomic mass is 10.2. The number of unbranched alkanes of at least 4 members (excludes halogenated alkanes) is 1. The summed E-state index contributed by atoms with van der Waals surface area (Å²) in [6, 6.07) is 8.09. The second-order valence-corrected chi connectivity index (χ2v) is 6.54. The lowest BCUT2D eigenvalue weighted by Crippen LogP contribution is -2.16. The van der Waals surface area contributed by atoms with Crippen LogP contribution in [0.2, 0.25) is 0 Å². The van der Waals surface area contributed by atoms with E-state index in [2.05, 4.69) is 15.9 Å². The van der Waals surface area contributed by atoms with Gasteiger partial charge < -0.3 is 0 Å². The number of sulfone groups is 1. The van der Waals surface area contributed by atoms with Gasteiger partial charge in [-0.3, -0.25) is 4.79 Å². The Balaban J connectivity index is 2.59. The van der Waals surface area contributed by atoms with Crippen LogP contribution >= 0.6 is 15.9 Å². The summed E-state index contributed by atoms with van der Waals surface area (Å²) in [5.74, 6) is -0.603.